The van der Waals surface area contributed by atoms with E-state index in [2.05, 4.69) is 52.3 Å². The van der Waals surface area contributed by atoms with E-state index in [0.717, 1.165) is 11.2 Å². The first-order chi connectivity index (χ1) is 14.0. The smallest absolute Gasteiger partial charge is 0.227 e. The highest BCUT2D eigenvalue weighted by Crippen LogP contribution is 2.28. The summed E-state index contributed by atoms with van der Waals surface area (Å²) >= 11 is 0. The van der Waals surface area contributed by atoms with E-state index in [0.29, 0.717) is 30.6 Å². The van der Waals surface area contributed by atoms with Crippen LogP contribution in [0.25, 0.3) is 10.8 Å². The Morgan fingerprint density at radius 2 is 2.07 bits per heavy atom. The third-order valence-corrected chi connectivity index (χ3v) is 5.39. The average Bonchev–Trinajstić information content (AvgIpc) is 2.73. The molecule has 152 valence electrons. The molecule has 1 aliphatic rings. The van der Waals surface area contributed by atoms with Gasteiger partial charge in [-0.2, -0.15) is 4.98 Å². The van der Waals surface area contributed by atoms with Gasteiger partial charge in [0, 0.05) is 31.4 Å². The van der Waals surface area contributed by atoms with Crippen molar-refractivity contribution in [1.29, 1.82) is 0 Å². The van der Waals surface area contributed by atoms with Crippen LogP contribution in [0.15, 0.2) is 42.7 Å². The first-order valence-electron chi connectivity index (χ1n) is 9.95. The second-order valence-corrected chi connectivity index (χ2v) is 7.68. The molecule has 2 aromatic heterocycles. The summed E-state index contributed by atoms with van der Waals surface area (Å²) in [5, 5.41) is 5.55. The molecule has 0 aliphatic carbocycles. The third-order valence-electron chi connectivity index (χ3n) is 5.39. The highest BCUT2D eigenvalue weighted by Gasteiger charge is 2.30. The Morgan fingerprint density at radius 1 is 1.21 bits per heavy atom. The quantitative estimate of drug-likeness (QED) is 0.688. The van der Waals surface area contributed by atoms with E-state index in [4.69, 9.17) is 4.74 Å². The van der Waals surface area contributed by atoms with E-state index in [1.54, 1.807) is 19.4 Å². The van der Waals surface area contributed by atoms with E-state index in [1.807, 2.05) is 17.2 Å². The number of benzene rings is 1. The van der Waals surface area contributed by atoms with Crippen LogP contribution < -0.4 is 10.2 Å². The Labute approximate surface area is 170 Å². The van der Waals surface area contributed by atoms with Crippen molar-refractivity contribution in [2.75, 3.05) is 30.4 Å². The summed E-state index contributed by atoms with van der Waals surface area (Å²) in [6.07, 6.45) is 2.76. The van der Waals surface area contributed by atoms with E-state index < -0.39 is 6.17 Å². The molecule has 0 spiro atoms. The van der Waals surface area contributed by atoms with Crippen LogP contribution in [0.1, 0.15) is 31.7 Å². The van der Waals surface area contributed by atoms with Crippen molar-refractivity contribution in [3.63, 3.8) is 0 Å². The van der Waals surface area contributed by atoms with Crippen molar-refractivity contribution in [1.82, 2.24) is 15.0 Å². The summed E-state index contributed by atoms with van der Waals surface area (Å²) < 4.78 is 19.4. The average molecular weight is 395 g/mol. The number of hydrogen-bond acceptors (Lipinski definition) is 6. The van der Waals surface area contributed by atoms with Gasteiger partial charge in [-0.3, -0.25) is 0 Å². The molecule has 3 heterocycles. The minimum atomic E-state index is -1.05. The standard InChI is InChI=1S/C22H26FN5O/c1-14(2)16-6-4-5-15-12-25-21(11-17(15)16)26-20-7-9-24-22(27-20)28-10-8-19(29-3)18(23)13-28/h4-7,9,11-12,14,18-19H,8,10,13H2,1-3H3,(H,24,25,26,27)/t18-,19+/m1/s1. The molecule has 7 heteroatoms. The topological polar surface area (TPSA) is 63.2 Å². The maximum Gasteiger partial charge on any atom is 0.227 e. The molecule has 1 N–H and O–H groups in total. The number of aromatic nitrogens is 3. The van der Waals surface area contributed by atoms with Crippen molar-refractivity contribution in [3.05, 3.63) is 48.3 Å². The van der Waals surface area contributed by atoms with Crippen molar-refractivity contribution < 1.29 is 9.13 Å². The van der Waals surface area contributed by atoms with Crippen LogP contribution in [0.3, 0.4) is 0 Å². The predicted molar refractivity (Wildman–Crippen MR) is 114 cm³/mol. The van der Waals surface area contributed by atoms with Gasteiger partial charge in [0.2, 0.25) is 5.95 Å². The lowest BCUT2D eigenvalue weighted by molar-refractivity contribution is 0.0194. The SMILES string of the molecule is CO[C@H]1CCN(c2nccc(Nc3cc4c(C(C)C)cccc4cn3)n2)C[C@H]1F. The molecule has 1 aromatic carbocycles. The van der Waals surface area contributed by atoms with Gasteiger partial charge in [-0.25, -0.2) is 14.4 Å². The van der Waals surface area contributed by atoms with Crippen molar-refractivity contribution in [3.8, 4) is 0 Å². The number of nitrogens with zero attached hydrogens (tertiary/aromatic N) is 4. The molecule has 1 aliphatic heterocycles. The number of fused-ring (bicyclic) bond motifs is 1. The fourth-order valence-corrected chi connectivity index (χ4v) is 3.80. The molecule has 6 nitrogen and oxygen atoms in total. The third kappa shape index (κ3) is 4.15. The molecule has 0 bridgehead atoms. The molecule has 1 fully saturated rings. The molecule has 0 saturated carbocycles. The lowest BCUT2D eigenvalue weighted by Crippen LogP contribution is -2.46. The number of pyridine rings is 1. The number of rotatable bonds is 5. The van der Waals surface area contributed by atoms with Crippen LogP contribution >= 0.6 is 0 Å². The zero-order valence-electron chi connectivity index (χ0n) is 17.0. The van der Waals surface area contributed by atoms with Crippen molar-refractivity contribution in [2.24, 2.45) is 0 Å². The number of alkyl halides is 1. The van der Waals surface area contributed by atoms with E-state index >= 15 is 0 Å². The monoisotopic (exact) mass is 395 g/mol. The summed E-state index contributed by atoms with van der Waals surface area (Å²) in [4.78, 5) is 15.3. The van der Waals surface area contributed by atoms with Gasteiger partial charge in [0.1, 0.15) is 17.8 Å². The molecule has 3 aromatic rings. The highest BCUT2D eigenvalue weighted by molar-refractivity contribution is 5.88. The zero-order valence-corrected chi connectivity index (χ0v) is 17.0. The van der Waals surface area contributed by atoms with Gasteiger partial charge in [0.05, 0.1) is 12.6 Å². The number of nitrogens with one attached hydrogen (secondary N) is 1. The molecule has 29 heavy (non-hydrogen) atoms. The Kier molecular flexibility index (Phi) is 5.58. The maximum absolute atomic E-state index is 14.2. The number of methoxy groups -OCH3 is 1. The van der Waals surface area contributed by atoms with Gasteiger partial charge in [-0.15, -0.1) is 0 Å². The number of anilines is 3. The summed E-state index contributed by atoms with van der Waals surface area (Å²) in [5.74, 6) is 2.28. The summed E-state index contributed by atoms with van der Waals surface area (Å²) in [6.45, 7) is 5.26. The van der Waals surface area contributed by atoms with Crippen LogP contribution in [-0.4, -0.2) is 47.4 Å². The van der Waals surface area contributed by atoms with Crippen LogP contribution in [-0.2, 0) is 4.74 Å². The van der Waals surface area contributed by atoms with Gasteiger partial charge in [-0.05, 0) is 35.4 Å². The number of halogens is 1. The Morgan fingerprint density at radius 3 is 2.83 bits per heavy atom. The Balaban J connectivity index is 1.56. The second-order valence-electron chi connectivity index (χ2n) is 7.68. The molecule has 0 amide bonds. The molecule has 0 unspecified atom stereocenters. The zero-order chi connectivity index (χ0) is 20.4. The lowest BCUT2D eigenvalue weighted by Gasteiger charge is -2.33. The maximum atomic E-state index is 14.2. The first-order valence-corrected chi connectivity index (χ1v) is 9.95. The minimum absolute atomic E-state index is 0.230. The molecule has 0 radical (unpaired) electrons. The summed E-state index contributed by atoms with van der Waals surface area (Å²) in [7, 11) is 1.55. The number of piperidine rings is 1. The molecule has 4 rings (SSSR count). The van der Waals surface area contributed by atoms with Crippen LogP contribution in [0.5, 0.6) is 0 Å². The normalized spacial score (nSPS) is 19.7. The molecule has 2 atom stereocenters. The van der Waals surface area contributed by atoms with E-state index in [-0.39, 0.29) is 12.6 Å². The summed E-state index contributed by atoms with van der Waals surface area (Å²) in [6, 6.07) is 10.1. The second kappa shape index (κ2) is 8.29. The van der Waals surface area contributed by atoms with Crippen molar-refractivity contribution >= 4 is 28.4 Å². The van der Waals surface area contributed by atoms with Gasteiger partial charge in [0.25, 0.3) is 0 Å². The van der Waals surface area contributed by atoms with Crippen molar-refractivity contribution in [2.45, 2.75) is 38.5 Å². The molecular formula is C22H26FN5O. The van der Waals surface area contributed by atoms with Crippen LogP contribution in [0.4, 0.5) is 22.0 Å². The van der Waals surface area contributed by atoms with Gasteiger partial charge < -0.3 is 15.0 Å². The van der Waals surface area contributed by atoms with Crippen LogP contribution in [0.2, 0.25) is 0 Å². The molecular weight excluding hydrogens is 369 g/mol. The molecule has 1 saturated heterocycles. The largest absolute Gasteiger partial charge is 0.378 e. The van der Waals surface area contributed by atoms with E-state index in [9.17, 15) is 4.39 Å². The number of ether oxygens (including phenoxy) is 1. The predicted octanol–water partition coefficient (Wildman–Crippen LogP) is 4.46. The van der Waals surface area contributed by atoms with E-state index in [1.165, 1.54) is 10.9 Å². The fraction of sp³-hybridized carbons (Fsp3) is 0.409. The highest BCUT2D eigenvalue weighted by atomic mass is 19.1. The van der Waals surface area contributed by atoms with Gasteiger partial charge in [0.15, 0.2) is 0 Å². The van der Waals surface area contributed by atoms with Gasteiger partial charge in [-0.1, -0.05) is 32.0 Å². The Bertz CT molecular complexity index is 996. The fourth-order valence-electron chi connectivity index (χ4n) is 3.80. The first kappa shape index (κ1) is 19.5. The Hall–Kier alpha value is -2.80. The summed E-state index contributed by atoms with van der Waals surface area (Å²) in [5.41, 5.74) is 1.28. The number of hydrogen-bond donors (Lipinski definition) is 1. The lowest BCUT2D eigenvalue weighted by atomic mass is 9.97. The van der Waals surface area contributed by atoms with Gasteiger partial charge >= 0.3 is 0 Å². The van der Waals surface area contributed by atoms with Crippen LogP contribution in [0, 0.1) is 0 Å². The minimum Gasteiger partial charge on any atom is -0.378 e.